The van der Waals surface area contributed by atoms with Crippen molar-refractivity contribution in [1.29, 1.82) is 5.26 Å². The van der Waals surface area contributed by atoms with E-state index in [4.69, 9.17) is 11.0 Å². The largest absolute Gasteiger partial charge is 0.368 e. The van der Waals surface area contributed by atoms with Crippen LogP contribution in [0.2, 0.25) is 0 Å². The van der Waals surface area contributed by atoms with Crippen LogP contribution in [0, 0.1) is 17.2 Å². The number of primary amides is 1. The fourth-order valence-corrected chi connectivity index (χ4v) is 1.85. The molecule has 0 aromatic carbocycles. The van der Waals surface area contributed by atoms with Gasteiger partial charge in [0.15, 0.2) is 5.78 Å². The van der Waals surface area contributed by atoms with Crippen molar-refractivity contribution >= 4 is 22.9 Å². The number of amides is 1. The molecule has 0 aliphatic rings. The Morgan fingerprint density at radius 3 is 2.85 bits per heavy atom. The van der Waals surface area contributed by atoms with Gasteiger partial charge in [-0.15, -0.1) is 0 Å². The number of rotatable bonds is 4. The molecule has 0 saturated heterocycles. The van der Waals surface area contributed by atoms with Gasteiger partial charge >= 0.3 is 0 Å². The minimum atomic E-state index is -1.13. The van der Waals surface area contributed by atoms with Gasteiger partial charge in [0.25, 0.3) is 0 Å². The van der Waals surface area contributed by atoms with E-state index in [1.807, 2.05) is 0 Å². The monoisotopic (exact) mass is 268 g/mol. The highest BCUT2D eigenvalue weighted by Crippen LogP contribution is 2.19. The van der Waals surface area contributed by atoms with Crippen LogP contribution in [0.1, 0.15) is 12.5 Å². The van der Waals surface area contributed by atoms with E-state index in [1.165, 1.54) is 13.0 Å². The summed E-state index contributed by atoms with van der Waals surface area (Å²) in [5, 5.41) is 8.89. The third kappa shape index (κ3) is 2.57. The molecular weight excluding hydrogens is 256 g/mol. The highest BCUT2D eigenvalue weighted by molar-refractivity contribution is 6.20. The van der Waals surface area contributed by atoms with Crippen LogP contribution in [0.5, 0.6) is 0 Å². The first-order valence-corrected chi connectivity index (χ1v) is 5.87. The zero-order valence-electron chi connectivity index (χ0n) is 10.8. The van der Waals surface area contributed by atoms with Gasteiger partial charge in [-0.1, -0.05) is 0 Å². The predicted molar refractivity (Wildman–Crippen MR) is 72.1 cm³/mol. The van der Waals surface area contributed by atoms with Crippen molar-refractivity contribution in [3.63, 3.8) is 0 Å². The average molecular weight is 268 g/mol. The minimum Gasteiger partial charge on any atom is -0.368 e. The van der Waals surface area contributed by atoms with Crippen LogP contribution in [0.25, 0.3) is 11.2 Å². The molecule has 2 heterocycles. The smallest absolute Gasteiger partial charge is 0.238 e. The summed E-state index contributed by atoms with van der Waals surface area (Å²) in [5.74, 6) is -2.16. The van der Waals surface area contributed by atoms with Crippen LogP contribution in [-0.2, 0) is 9.59 Å². The van der Waals surface area contributed by atoms with Gasteiger partial charge in [0, 0.05) is 29.7 Å². The Kier molecular flexibility index (Phi) is 3.62. The van der Waals surface area contributed by atoms with Crippen LogP contribution in [-0.4, -0.2) is 21.1 Å². The maximum atomic E-state index is 11.7. The van der Waals surface area contributed by atoms with Gasteiger partial charge < -0.3 is 10.1 Å². The summed E-state index contributed by atoms with van der Waals surface area (Å²) in [7, 11) is 0. The van der Waals surface area contributed by atoms with Crippen molar-refractivity contribution in [3.8, 4) is 6.07 Å². The number of ketones is 1. The topological polar surface area (TPSA) is 101 Å². The molecule has 100 valence electrons. The summed E-state index contributed by atoms with van der Waals surface area (Å²) in [4.78, 5) is 27.0. The van der Waals surface area contributed by atoms with Crippen LogP contribution < -0.4 is 5.73 Å². The molecule has 20 heavy (non-hydrogen) atoms. The predicted octanol–water partition coefficient (Wildman–Crippen LogP) is 0.932. The lowest BCUT2D eigenvalue weighted by atomic mass is 9.98. The third-order valence-electron chi connectivity index (χ3n) is 2.86. The number of aromatic nitrogens is 2. The van der Waals surface area contributed by atoms with Gasteiger partial charge in [-0.2, -0.15) is 5.26 Å². The molecule has 0 spiro atoms. The number of hydrogen-bond acceptors (Lipinski definition) is 4. The summed E-state index contributed by atoms with van der Waals surface area (Å²) in [6.45, 7) is 1.37. The lowest BCUT2D eigenvalue weighted by Crippen LogP contribution is -2.20. The molecule has 0 fully saturated rings. The second-order valence-electron chi connectivity index (χ2n) is 4.26. The molecular formula is C14H12N4O2. The van der Waals surface area contributed by atoms with E-state index in [1.54, 1.807) is 41.2 Å². The van der Waals surface area contributed by atoms with Crippen LogP contribution in [0.15, 0.2) is 36.8 Å². The van der Waals surface area contributed by atoms with Gasteiger partial charge in [-0.3, -0.25) is 9.59 Å². The first-order chi connectivity index (χ1) is 9.52. The Morgan fingerprint density at radius 2 is 2.25 bits per heavy atom. The van der Waals surface area contributed by atoms with E-state index in [-0.39, 0.29) is 11.4 Å². The van der Waals surface area contributed by atoms with Gasteiger partial charge in [0.1, 0.15) is 11.6 Å². The summed E-state index contributed by atoms with van der Waals surface area (Å²) < 4.78 is 1.75. The highest BCUT2D eigenvalue weighted by Gasteiger charge is 2.16. The molecule has 0 aliphatic carbocycles. The normalized spacial score (nSPS) is 12.9. The van der Waals surface area contributed by atoms with Crippen LogP contribution in [0.4, 0.5) is 0 Å². The molecule has 2 rings (SSSR count). The average Bonchev–Trinajstić information content (AvgIpc) is 2.86. The molecule has 2 N–H and O–H groups in total. The Bertz CT molecular complexity index is 752. The Morgan fingerprint density at radius 1 is 1.50 bits per heavy atom. The number of carbonyl (C=O) groups is 2. The molecule has 0 bridgehead atoms. The molecule has 2 aromatic heterocycles. The van der Waals surface area contributed by atoms with E-state index in [0.29, 0.717) is 5.56 Å². The second kappa shape index (κ2) is 5.36. The Balaban J connectivity index is 2.53. The minimum absolute atomic E-state index is 0.244. The standard InChI is InChI=1S/C14H12N4O2/c1-9(19)12(6-11(7-15)14(16)20)10-2-3-13-17-4-5-18(13)8-10/h2-6,8,11H,1H3,(H2,16,20)/b12-6+. The summed E-state index contributed by atoms with van der Waals surface area (Å²) in [6.07, 6.45) is 6.39. The number of imidazole rings is 1. The lowest BCUT2D eigenvalue weighted by Gasteiger charge is -2.07. The number of nitrogens with two attached hydrogens (primary N) is 1. The van der Waals surface area contributed by atoms with E-state index in [2.05, 4.69) is 4.98 Å². The van der Waals surface area contributed by atoms with E-state index in [9.17, 15) is 9.59 Å². The van der Waals surface area contributed by atoms with E-state index >= 15 is 0 Å². The van der Waals surface area contributed by atoms with Gasteiger partial charge in [-0.05, 0) is 25.1 Å². The first kappa shape index (κ1) is 13.5. The Labute approximate surface area is 115 Å². The Hall–Kier alpha value is -2.94. The van der Waals surface area contributed by atoms with Crippen LogP contribution in [0.3, 0.4) is 0 Å². The molecule has 6 nitrogen and oxygen atoms in total. The number of fused-ring (bicyclic) bond motifs is 1. The zero-order chi connectivity index (χ0) is 14.7. The summed E-state index contributed by atoms with van der Waals surface area (Å²) in [6, 6.07) is 5.23. The number of pyridine rings is 1. The van der Waals surface area contributed by atoms with Gasteiger partial charge in [0.05, 0.1) is 6.07 Å². The number of Topliss-reactive ketones (excluding diaryl/α,β-unsaturated/α-hetero) is 1. The van der Waals surface area contributed by atoms with Crippen molar-refractivity contribution in [1.82, 2.24) is 9.38 Å². The molecule has 0 saturated carbocycles. The number of allylic oxidation sites excluding steroid dienone is 1. The molecule has 0 aliphatic heterocycles. The fourth-order valence-electron chi connectivity index (χ4n) is 1.85. The molecule has 2 aromatic rings. The molecule has 1 amide bonds. The van der Waals surface area contributed by atoms with E-state index < -0.39 is 11.8 Å². The SMILES string of the molecule is CC(=O)/C(=C\C(C#N)C(N)=O)c1ccc2nccn2c1. The van der Waals surface area contributed by atoms with Crippen molar-refractivity contribution < 1.29 is 9.59 Å². The van der Waals surface area contributed by atoms with E-state index in [0.717, 1.165) is 5.65 Å². The summed E-state index contributed by atoms with van der Waals surface area (Å²) in [5.41, 5.74) is 6.74. The van der Waals surface area contributed by atoms with Gasteiger partial charge in [0.2, 0.25) is 5.91 Å². The highest BCUT2D eigenvalue weighted by atomic mass is 16.1. The number of carbonyl (C=O) groups excluding carboxylic acids is 2. The second-order valence-corrected chi connectivity index (χ2v) is 4.26. The van der Waals surface area contributed by atoms with Crippen molar-refractivity contribution in [2.75, 3.05) is 0 Å². The number of nitriles is 1. The maximum Gasteiger partial charge on any atom is 0.238 e. The molecule has 1 unspecified atom stereocenters. The quantitative estimate of drug-likeness (QED) is 0.833. The van der Waals surface area contributed by atoms with Crippen LogP contribution >= 0.6 is 0 Å². The van der Waals surface area contributed by atoms with Crippen molar-refractivity contribution in [3.05, 3.63) is 42.4 Å². The first-order valence-electron chi connectivity index (χ1n) is 5.87. The lowest BCUT2D eigenvalue weighted by molar-refractivity contribution is -0.119. The van der Waals surface area contributed by atoms with Crippen molar-refractivity contribution in [2.45, 2.75) is 6.92 Å². The summed E-state index contributed by atoms with van der Waals surface area (Å²) >= 11 is 0. The molecule has 0 radical (unpaired) electrons. The number of nitrogens with zero attached hydrogens (tertiary/aromatic N) is 3. The molecule has 6 heteroatoms. The third-order valence-corrected chi connectivity index (χ3v) is 2.86. The van der Waals surface area contributed by atoms with Gasteiger partial charge in [-0.25, -0.2) is 4.98 Å². The number of hydrogen-bond donors (Lipinski definition) is 1. The molecule has 1 atom stereocenters. The maximum absolute atomic E-state index is 11.7. The fraction of sp³-hybridized carbons (Fsp3) is 0.143. The zero-order valence-corrected chi connectivity index (χ0v) is 10.8. The van der Waals surface area contributed by atoms with Crippen molar-refractivity contribution in [2.24, 2.45) is 11.7 Å².